The van der Waals surface area contributed by atoms with E-state index in [1.165, 1.54) is 5.56 Å². The minimum absolute atomic E-state index is 0.239. The van der Waals surface area contributed by atoms with Crippen molar-refractivity contribution in [2.75, 3.05) is 0 Å². The Hall–Kier alpha value is -2.66. The number of hydrogen-bond donors (Lipinski definition) is 1. The van der Waals surface area contributed by atoms with E-state index in [2.05, 4.69) is 26.0 Å². The fourth-order valence-corrected chi connectivity index (χ4v) is 2.91. The number of carboxylic acid groups (broad SMARTS) is 1. The van der Waals surface area contributed by atoms with E-state index >= 15 is 0 Å². The first-order chi connectivity index (χ1) is 11.5. The Balaban J connectivity index is 2.01. The van der Waals surface area contributed by atoms with E-state index in [9.17, 15) is 4.79 Å². The molecule has 0 saturated heterocycles. The molecule has 0 amide bonds. The molecule has 0 unspecified atom stereocenters. The van der Waals surface area contributed by atoms with E-state index in [0.29, 0.717) is 10.7 Å². The Morgan fingerprint density at radius 3 is 2.21 bits per heavy atom. The zero-order chi connectivity index (χ0) is 17.3. The molecule has 1 N–H and O–H groups in total. The van der Waals surface area contributed by atoms with Gasteiger partial charge in [0.25, 0.3) is 0 Å². The highest BCUT2D eigenvalue weighted by Crippen LogP contribution is 2.19. The van der Waals surface area contributed by atoms with Gasteiger partial charge in [0.1, 0.15) is 0 Å². The fourth-order valence-electron chi connectivity index (χ4n) is 2.58. The van der Waals surface area contributed by atoms with Crippen molar-refractivity contribution in [3.63, 3.8) is 0 Å². The predicted octanol–water partition coefficient (Wildman–Crippen LogP) is 4.82. The first-order valence-corrected chi connectivity index (χ1v) is 8.12. The number of imidazole rings is 1. The molecule has 2 aromatic carbocycles. The van der Waals surface area contributed by atoms with Crippen LogP contribution in [-0.2, 0) is 0 Å². The van der Waals surface area contributed by atoms with Gasteiger partial charge in [-0.15, -0.1) is 0 Å². The highest BCUT2D eigenvalue weighted by molar-refractivity contribution is 7.71. The van der Waals surface area contributed by atoms with Crippen molar-refractivity contribution in [2.45, 2.75) is 19.8 Å². The van der Waals surface area contributed by atoms with Crippen molar-refractivity contribution in [1.29, 1.82) is 0 Å². The summed E-state index contributed by atoms with van der Waals surface area (Å²) in [5.41, 5.74) is 3.23. The summed E-state index contributed by atoms with van der Waals surface area (Å²) in [7, 11) is 0. The minimum atomic E-state index is -0.952. The molecule has 0 fully saturated rings. The molecule has 0 saturated carbocycles. The van der Waals surface area contributed by atoms with Crippen LogP contribution in [0, 0.1) is 4.77 Å². The van der Waals surface area contributed by atoms with Gasteiger partial charge in [0.05, 0.1) is 5.56 Å². The van der Waals surface area contributed by atoms with Gasteiger partial charge in [0.15, 0.2) is 4.77 Å². The number of aromatic nitrogens is 2. The van der Waals surface area contributed by atoms with Crippen molar-refractivity contribution in [1.82, 2.24) is 9.13 Å². The Morgan fingerprint density at radius 1 is 1.00 bits per heavy atom. The molecule has 0 bridgehead atoms. The average molecular weight is 338 g/mol. The van der Waals surface area contributed by atoms with Crippen LogP contribution in [-0.4, -0.2) is 20.2 Å². The summed E-state index contributed by atoms with van der Waals surface area (Å²) in [6, 6.07) is 15.0. The maximum atomic E-state index is 11.1. The van der Waals surface area contributed by atoms with Crippen molar-refractivity contribution >= 4 is 18.2 Å². The minimum Gasteiger partial charge on any atom is -0.478 e. The lowest BCUT2D eigenvalue weighted by molar-refractivity contribution is 0.0697. The van der Waals surface area contributed by atoms with Gasteiger partial charge in [-0.05, 0) is 54.0 Å². The van der Waals surface area contributed by atoms with Crippen molar-refractivity contribution < 1.29 is 9.90 Å². The quantitative estimate of drug-likeness (QED) is 0.694. The van der Waals surface area contributed by atoms with Crippen LogP contribution in [0.4, 0.5) is 0 Å². The number of carbonyl (C=O) groups is 1. The standard InChI is InChI=1S/C19H18N2O2S/c1-13(2)14-6-8-16(9-7-14)20-10-11-21(19(20)24)17-5-3-4-15(12-17)18(22)23/h3-13H,1-2H3,(H,22,23). The van der Waals surface area contributed by atoms with Crippen LogP contribution in [0.5, 0.6) is 0 Å². The average Bonchev–Trinajstić information content (AvgIpc) is 2.96. The van der Waals surface area contributed by atoms with Crippen molar-refractivity contribution in [3.8, 4) is 11.4 Å². The Kier molecular flexibility index (Phi) is 4.36. The molecule has 0 spiro atoms. The van der Waals surface area contributed by atoms with E-state index in [0.717, 1.165) is 11.4 Å². The van der Waals surface area contributed by atoms with E-state index < -0.39 is 5.97 Å². The summed E-state index contributed by atoms with van der Waals surface area (Å²) < 4.78 is 4.31. The van der Waals surface area contributed by atoms with Gasteiger partial charge in [-0.25, -0.2) is 4.79 Å². The Labute approximate surface area is 145 Å². The zero-order valence-corrected chi connectivity index (χ0v) is 14.3. The molecule has 3 aromatic rings. The van der Waals surface area contributed by atoms with Crippen LogP contribution in [0.2, 0.25) is 0 Å². The summed E-state index contributed by atoms with van der Waals surface area (Å²) in [6.07, 6.45) is 3.74. The molecule has 1 heterocycles. The highest BCUT2D eigenvalue weighted by Gasteiger charge is 2.08. The first-order valence-electron chi connectivity index (χ1n) is 7.71. The van der Waals surface area contributed by atoms with Gasteiger partial charge in [-0.3, -0.25) is 9.13 Å². The zero-order valence-electron chi connectivity index (χ0n) is 13.5. The summed E-state index contributed by atoms with van der Waals surface area (Å²) in [4.78, 5) is 11.1. The lowest BCUT2D eigenvalue weighted by Crippen LogP contribution is -2.01. The number of nitrogens with zero attached hydrogens (tertiary/aromatic N) is 2. The molecule has 24 heavy (non-hydrogen) atoms. The van der Waals surface area contributed by atoms with Crippen LogP contribution in [0.3, 0.4) is 0 Å². The van der Waals surface area contributed by atoms with E-state index in [1.807, 2.05) is 35.2 Å². The van der Waals surface area contributed by atoms with E-state index in [-0.39, 0.29) is 5.56 Å². The predicted molar refractivity (Wildman–Crippen MR) is 97.0 cm³/mol. The fraction of sp³-hybridized carbons (Fsp3) is 0.158. The smallest absolute Gasteiger partial charge is 0.335 e. The van der Waals surface area contributed by atoms with Crippen LogP contribution < -0.4 is 0 Å². The maximum Gasteiger partial charge on any atom is 0.335 e. The molecule has 0 aliphatic carbocycles. The summed E-state index contributed by atoms with van der Waals surface area (Å²) in [5, 5.41) is 9.14. The second-order valence-corrected chi connectivity index (χ2v) is 6.29. The van der Waals surface area contributed by atoms with Crippen molar-refractivity contribution in [3.05, 3.63) is 76.8 Å². The second-order valence-electron chi connectivity index (χ2n) is 5.92. The molecule has 122 valence electrons. The van der Waals surface area contributed by atoms with Gasteiger partial charge >= 0.3 is 5.97 Å². The molecule has 5 heteroatoms. The molecule has 0 aliphatic rings. The summed E-state index contributed by atoms with van der Waals surface area (Å²) >= 11 is 5.56. The molecule has 4 nitrogen and oxygen atoms in total. The van der Waals surface area contributed by atoms with E-state index in [1.54, 1.807) is 22.8 Å². The largest absolute Gasteiger partial charge is 0.478 e. The monoisotopic (exact) mass is 338 g/mol. The number of carboxylic acids is 1. The van der Waals surface area contributed by atoms with Gasteiger partial charge < -0.3 is 5.11 Å². The third-order valence-electron chi connectivity index (χ3n) is 3.99. The Bertz CT molecular complexity index is 937. The van der Waals surface area contributed by atoms with Crippen LogP contribution in [0.15, 0.2) is 60.9 Å². The molecule has 1 aromatic heterocycles. The third-order valence-corrected chi connectivity index (χ3v) is 4.38. The molecular weight excluding hydrogens is 320 g/mol. The summed E-state index contributed by atoms with van der Waals surface area (Å²) in [5.74, 6) is -0.470. The highest BCUT2D eigenvalue weighted by atomic mass is 32.1. The van der Waals surface area contributed by atoms with Gasteiger partial charge in [0.2, 0.25) is 0 Å². The SMILES string of the molecule is CC(C)c1ccc(-n2ccn(-c3cccc(C(=O)O)c3)c2=S)cc1. The first kappa shape index (κ1) is 16.2. The maximum absolute atomic E-state index is 11.1. The third kappa shape index (κ3) is 3.03. The van der Waals surface area contributed by atoms with Gasteiger partial charge in [-0.1, -0.05) is 32.0 Å². The molecular formula is C19H18N2O2S. The molecule has 0 atom stereocenters. The van der Waals surface area contributed by atoms with E-state index in [4.69, 9.17) is 17.3 Å². The number of rotatable bonds is 4. The molecule has 0 radical (unpaired) electrons. The Morgan fingerprint density at radius 2 is 1.62 bits per heavy atom. The van der Waals surface area contributed by atoms with Crippen molar-refractivity contribution in [2.24, 2.45) is 0 Å². The number of benzene rings is 2. The van der Waals surface area contributed by atoms with Crippen LogP contribution in [0.25, 0.3) is 11.4 Å². The normalized spacial score (nSPS) is 11.0. The van der Waals surface area contributed by atoms with Gasteiger partial charge in [-0.2, -0.15) is 0 Å². The van der Waals surface area contributed by atoms with Gasteiger partial charge in [0, 0.05) is 23.8 Å². The van der Waals surface area contributed by atoms with Crippen LogP contribution >= 0.6 is 12.2 Å². The molecule has 3 rings (SSSR count). The second kappa shape index (κ2) is 6.45. The lowest BCUT2D eigenvalue weighted by Gasteiger charge is -2.08. The lowest BCUT2D eigenvalue weighted by atomic mass is 10.0. The topological polar surface area (TPSA) is 47.2 Å². The number of hydrogen-bond acceptors (Lipinski definition) is 2. The summed E-state index contributed by atoms with van der Waals surface area (Å²) in [6.45, 7) is 4.32. The van der Waals surface area contributed by atoms with Crippen LogP contribution in [0.1, 0.15) is 35.7 Å². The molecule has 0 aliphatic heterocycles. The number of aromatic carboxylic acids is 1.